The summed E-state index contributed by atoms with van der Waals surface area (Å²) in [5.74, 6) is 1.29. The fourth-order valence-corrected chi connectivity index (χ4v) is 3.02. The lowest BCUT2D eigenvalue weighted by Gasteiger charge is -2.09. The van der Waals surface area contributed by atoms with E-state index in [0.717, 1.165) is 5.56 Å². The molecule has 0 aliphatic heterocycles. The van der Waals surface area contributed by atoms with Crippen LogP contribution in [0.4, 0.5) is 11.6 Å². The Hall–Kier alpha value is -3.04. The molecular weight excluding hydrogens is 354 g/mol. The number of sulfonamides is 1. The maximum atomic E-state index is 11.1. The number of ether oxygens (including phenoxy) is 1. The first-order valence-corrected chi connectivity index (χ1v) is 9.35. The number of nitrogens with zero attached hydrogens (tertiary/aromatic N) is 3. The summed E-state index contributed by atoms with van der Waals surface area (Å²) in [7, 11) is -1.97. The lowest BCUT2D eigenvalue weighted by Crippen LogP contribution is -2.14. The van der Waals surface area contributed by atoms with Gasteiger partial charge in [0.05, 0.1) is 18.4 Å². The molecular formula is C17H17N5O3S. The summed E-state index contributed by atoms with van der Waals surface area (Å²) in [6, 6.07) is 14.2. The molecule has 8 nitrogen and oxygen atoms in total. The van der Waals surface area contributed by atoms with Gasteiger partial charge in [-0.25, -0.2) is 23.5 Å². The van der Waals surface area contributed by atoms with Crippen LogP contribution in [0, 0.1) is 0 Å². The molecule has 0 bridgehead atoms. The normalized spacial score (nSPS) is 11.2. The van der Waals surface area contributed by atoms with E-state index in [0.29, 0.717) is 28.8 Å². The molecule has 3 aromatic rings. The van der Waals surface area contributed by atoms with E-state index in [-0.39, 0.29) is 5.75 Å². The van der Waals surface area contributed by atoms with Crippen LogP contribution in [0.15, 0.2) is 54.9 Å². The van der Waals surface area contributed by atoms with Crippen LogP contribution in [-0.4, -0.2) is 30.5 Å². The fourth-order valence-electron chi connectivity index (χ4n) is 2.36. The summed E-state index contributed by atoms with van der Waals surface area (Å²) in [4.78, 5) is 12.7. The minimum atomic E-state index is -3.56. The number of para-hydroxylation sites is 1. The second-order valence-corrected chi connectivity index (χ2v) is 7.08. The van der Waals surface area contributed by atoms with Gasteiger partial charge < -0.3 is 10.1 Å². The number of benzene rings is 2. The zero-order valence-corrected chi connectivity index (χ0v) is 14.8. The summed E-state index contributed by atoms with van der Waals surface area (Å²) in [5.41, 5.74) is 2.06. The van der Waals surface area contributed by atoms with Gasteiger partial charge in [0.1, 0.15) is 12.1 Å². The van der Waals surface area contributed by atoms with Crippen LogP contribution < -0.4 is 15.2 Å². The van der Waals surface area contributed by atoms with Crippen molar-refractivity contribution in [1.29, 1.82) is 0 Å². The molecule has 0 aliphatic rings. The van der Waals surface area contributed by atoms with Gasteiger partial charge in [-0.1, -0.05) is 24.3 Å². The van der Waals surface area contributed by atoms with Crippen LogP contribution in [-0.2, 0) is 15.8 Å². The molecule has 0 saturated carbocycles. The maximum Gasteiger partial charge on any atom is 0.230 e. The van der Waals surface area contributed by atoms with Gasteiger partial charge >= 0.3 is 0 Å². The largest absolute Gasteiger partial charge is 0.496 e. The number of aromatic nitrogens is 3. The highest BCUT2D eigenvalue weighted by Gasteiger charge is 2.10. The first-order chi connectivity index (χ1) is 12.4. The second-order valence-electron chi connectivity index (χ2n) is 5.46. The van der Waals surface area contributed by atoms with Gasteiger partial charge in [-0.3, -0.25) is 0 Å². The highest BCUT2D eigenvalue weighted by molar-refractivity contribution is 7.88. The van der Waals surface area contributed by atoms with Crippen LogP contribution in [0.2, 0.25) is 0 Å². The quantitative estimate of drug-likeness (QED) is 0.680. The zero-order chi connectivity index (χ0) is 18.6. The lowest BCUT2D eigenvalue weighted by atomic mass is 10.2. The first kappa shape index (κ1) is 17.8. The second kappa shape index (κ2) is 7.46. The Labute approximate surface area is 151 Å². The number of rotatable bonds is 6. The molecule has 0 radical (unpaired) electrons. The van der Waals surface area contributed by atoms with Crippen LogP contribution >= 0.6 is 0 Å². The Morgan fingerprint density at radius 3 is 2.50 bits per heavy atom. The van der Waals surface area contributed by atoms with Crippen molar-refractivity contribution in [2.75, 3.05) is 12.4 Å². The molecule has 134 valence electrons. The van der Waals surface area contributed by atoms with Crippen molar-refractivity contribution in [2.45, 2.75) is 5.75 Å². The molecule has 1 heterocycles. The number of nitrogens with one attached hydrogen (secondary N) is 1. The molecule has 3 N–H and O–H groups in total. The number of hydrogen-bond donors (Lipinski definition) is 2. The van der Waals surface area contributed by atoms with Crippen molar-refractivity contribution in [3.8, 4) is 17.1 Å². The molecule has 0 unspecified atom stereocenters. The summed E-state index contributed by atoms with van der Waals surface area (Å²) in [6.07, 6.45) is 1.41. The van der Waals surface area contributed by atoms with Crippen LogP contribution in [0.25, 0.3) is 11.4 Å². The number of nitrogens with two attached hydrogens (primary N) is 1. The Morgan fingerprint density at radius 2 is 1.81 bits per heavy atom. The number of anilines is 2. The van der Waals surface area contributed by atoms with Gasteiger partial charge in [-0.15, -0.1) is 0 Å². The van der Waals surface area contributed by atoms with E-state index in [1.807, 2.05) is 24.3 Å². The van der Waals surface area contributed by atoms with Gasteiger partial charge in [0, 0.05) is 5.69 Å². The Kier molecular flexibility index (Phi) is 5.10. The highest BCUT2D eigenvalue weighted by Crippen LogP contribution is 2.27. The van der Waals surface area contributed by atoms with Gasteiger partial charge in [-0.2, -0.15) is 4.98 Å². The zero-order valence-electron chi connectivity index (χ0n) is 14.0. The predicted octanol–water partition coefficient (Wildman–Crippen LogP) is 2.08. The van der Waals surface area contributed by atoms with E-state index < -0.39 is 10.0 Å². The van der Waals surface area contributed by atoms with E-state index in [1.165, 1.54) is 6.33 Å². The Bertz CT molecular complexity index is 1010. The molecule has 3 rings (SSSR count). The summed E-state index contributed by atoms with van der Waals surface area (Å²) >= 11 is 0. The molecule has 0 spiro atoms. The first-order valence-electron chi connectivity index (χ1n) is 7.63. The monoisotopic (exact) mass is 371 g/mol. The minimum absolute atomic E-state index is 0.211. The smallest absolute Gasteiger partial charge is 0.230 e. The van der Waals surface area contributed by atoms with Crippen LogP contribution in [0.5, 0.6) is 5.75 Å². The summed E-state index contributed by atoms with van der Waals surface area (Å²) < 4.78 is 27.6. The van der Waals surface area contributed by atoms with Crippen LogP contribution in [0.1, 0.15) is 5.56 Å². The third-order valence-corrected chi connectivity index (χ3v) is 4.23. The van der Waals surface area contributed by atoms with E-state index >= 15 is 0 Å². The van der Waals surface area contributed by atoms with Crippen molar-refractivity contribution in [2.24, 2.45) is 5.14 Å². The minimum Gasteiger partial charge on any atom is -0.496 e. The molecule has 0 atom stereocenters. The van der Waals surface area contributed by atoms with Crippen molar-refractivity contribution >= 4 is 21.7 Å². The van der Waals surface area contributed by atoms with Gasteiger partial charge in [0.25, 0.3) is 0 Å². The molecule has 26 heavy (non-hydrogen) atoms. The predicted molar refractivity (Wildman–Crippen MR) is 98.4 cm³/mol. The van der Waals surface area contributed by atoms with Crippen molar-refractivity contribution < 1.29 is 13.2 Å². The van der Waals surface area contributed by atoms with Gasteiger partial charge in [0.2, 0.25) is 16.0 Å². The fraction of sp³-hybridized carbons (Fsp3) is 0.118. The molecule has 0 amide bonds. The van der Waals surface area contributed by atoms with E-state index in [9.17, 15) is 8.42 Å². The third-order valence-electron chi connectivity index (χ3n) is 3.50. The molecule has 1 aromatic heterocycles. The molecule has 0 fully saturated rings. The number of primary sulfonamides is 1. The maximum absolute atomic E-state index is 11.1. The standard InChI is InChI=1S/C17H17N5O3S/c1-25-15-5-3-2-4-14(15)16-19-11-20-17(22-16)21-13-8-6-12(7-9-13)10-26(18,23)24/h2-9,11H,10H2,1H3,(H2,18,23,24)(H,19,20,21,22). The van der Waals surface area contributed by atoms with E-state index in [4.69, 9.17) is 9.88 Å². The summed E-state index contributed by atoms with van der Waals surface area (Å²) in [6.45, 7) is 0. The van der Waals surface area contributed by atoms with E-state index in [2.05, 4.69) is 20.3 Å². The van der Waals surface area contributed by atoms with Crippen molar-refractivity contribution in [3.05, 3.63) is 60.4 Å². The third kappa shape index (κ3) is 4.52. The Balaban J connectivity index is 1.81. The van der Waals surface area contributed by atoms with Crippen molar-refractivity contribution in [1.82, 2.24) is 15.0 Å². The Morgan fingerprint density at radius 1 is 1.08 bits per heavy atom. The average molecular weight is 371 g/mol. The molecule has 0 saturated heterocycles. The SMILES string of the molecule is COc1ccccc1-c1ncnc(Nc2ccc(CS(N)(=O)=O)cc2)n1. The molecule has 2 aromatic carbocycles. The average Bonchev–Trinajstić information content (AvgIpc) is 2.62. The van der Waals surface area contributed by atoms with Gasteiger partial charge in [-0.05, 0) is 29.8 Å². The van der Waals surface area contributed by atoms with Crippen LogP contribution in [0.3, 0.4) is 0 Å². The molecule has 0 aliphatic carbocycles. The lowest BCUT2D eigenvalue weighted by molar-refractivity contribution is 0.416. The topological polar surface area (TPSA) is 120 Å². The highest BCUT2D eigenvalue weighted by atomic mass is 32.2. The van der Waals surface area contributed by atoms with E-state index in [1.54, 1.807) is 31.4 Å². The molecule has 9 heteroatoms. The van der Waals surface area contributed by atoms with Crippen molar-refractivity contribution in [3.63, 3.8) is 0 Å². The number of methoxy groups -OCH3 is 1. The summed E-state index contributed by atoms with van der Waals surface area (Å²) in [5, 5.41) is 8.10. The van der Waals surface area contributed by atoms with Gasteiger partial charge in [0.15, 0.2) is 5.82 Å². The number of hydrogen-bond acceptors (Lipinski definition) is 7.